The quantitative estimate of drug-likeness (QED) is 0.381. The molecule has 1 fully saturated rings. The van der Waals surface area contributed by atoms with E-state index >= 15 is 0 Å². The summed E-state index contributed by atoms with van der Waals surface area (Å²) in [6, 6.07) is 8.05. The average molecular weight is 510 g/mol. The third-order valence-corrected chi connectivity index (χ3v) is 7.75. The average Bonchev–Trinajstić information content (AvgIpc) is 3.19. The van der Waals surface area contributed by atoms with Crippen LogP contribution in [-0.4, -0.2) is 52.8 Å². The van der Waals surface area contributed by atoms with Crippen molar-refractivity contribution < 1.29 is 14.3 Å². The van der Waals surface area contributed by atoms with Crippen LogP contribution in [0.2, 0.25) is 5.28 Å². The summed E-state index contributed by atoms with van der Waals surface area (Å²) in [4.78, 5) is 27.0. The van der Waals surface area contributed by atoms with Crippen molar-refractivity contribution in [3.63, 3.8) is 0 Å². The molecule has 4 aromatic rings. The fourth-order valence-corrected chi connectivity index (χ4v) is 5.85. The molecule has 2 aliphatic heterocycles. The molecule has 1 amide bonds. The first-order chi connectivity index (χ1) is 17.1. The number of amides is 1. The van der Waals surface area contributed by atoms with Gasteiger partial charge in [0.2, 0.25) is 5.28 Å². The first-order valence-electron chi connectivity index (χ1n) is 11.7. The number of nitrogens with one attached hydrogen (secondary N) is 2. The number of nitrogens with zero attached hydrogens (tertiary/aromatic N) is 3. The lowest BCUT2D eigenvalue weighted by Crippen LogP contribution is -2.34. The molecule has 0 aliphatic carbocycles. The molecule has 0 radical (unpaired) electrons. The molecule has 35 heavy (non-hydrogen) atoms. The van der Waals surface area contributed by atoms with Gasteiger partial charge in [-0.1, -0.05) is 0 Å². The first kappa shape index (κ1) is 22.6. The van der Waals surface area contributed by atoms with Gasteiger partial charge < -0.3 is 20.1 Å². The van der Waals surface area contributed by atoms with Crippen molar-refractivity contribution in [1.29, 1.82) is 0 Å². The van der Waals surface area contributed by atoms with Gasteiger partial charge in [0.1, 0.15) is 4.88 Å². The lowest BCUT2D eigenvalue weighted by atomic mass is 10.1. The maximum atomic E-state index is 12.7. The second-order valence-corrected chi connectivity index (χ2v) is 10.3. The van der Waals surface area contributed by atoms with Gasteiger partial charge in [-0.15, -0.1) is 11.3 Å². The lowest BCUT2D eigenvalue weighted by Gasteiger charge is -2.22. The molecule has 10 heteroatoms. The van der Waals surface area contributed by atoms with Crippen molar-refractivity contribution in [3.8, 4) is 11.4 Å². The van der Waals surface area contributed by atoms with Crippen LogP contribution in [0, 0.1) is 0 Å². The number of benzene rings is 1. The minimum atomic E-state index is -0.0405. The Balaban J connectivity index is 1.39. The number of hydrogen-bond donors (Lipinski definition) is 2. The second kappa shape index (κ2) is 9.31. The van der Waals surface area contributed by atoms with Crippen LogP contribution in [0.25, 0.3) is 32.4 Å². The summed E-state index contributed by atoms with van der Waals surface area (Å²) in [5.41, 5.74) is 3.90. The van der Waals surface area contributed by atoms with Gasteiger partial charge in [0.15, 0.2) is 0 Å². The summed E-state index contributed by atoms with van der Waals surface area (Å²) < 4.78 is 12.6. The molecule has 0 spiro atoms. The van der Waals surface area contributed by atoms with Gasteiger partial charge in [-0.25, -0.2) is 15.0 Å². The molecule has 0 bridgehead atoms. The maximum absolute atomic E-state index is 12.7. The Morgan fingerprint density at radius 3 is 2.91 bits per heavy atom. The van der Waals surface area contributed by atoms with Gasteiger partial charge in [-0.2, -0.15) is 0 Å². The van der Waals surface area contributed by atoms with E-state index in [4.69, 9.17) is 26.1 Å². The van der Waals surface area contributed by atoms with Crippen molar-refractivity contribution >= 4 is 55.5 Å². The van der Waals surface area contributed by atoms with Crippen molar-refractivity contribution in [2.24, 2.45) is 0 Å². The van der Waals surface area contributed by atoms with Crippen molar-refractivity contribution in [1.82, 2.24) is 20.3 Å². The number of hydrogen-bond acceptors (Lipinski definition) is 8. The molecule has 6 rings (SSSR count). The van der Waals surface area contributed by atoms with E-state index in [1.165, 1.54) is 11.3 Å². The normalized spacial score (nSPS) is 18.8. The highest BCUT2D eigenvalue weighted by atomic mass is 35.5. The van der Waals surface area contributed by atoms with Gasteiger partial charge in [-0.05, 0) is 55.6 Å². The van der Waals surface area contributed by atoms with Gasteiger partial charge in [0, 0.05) is 53.0 Å². The van der Waals surface area contributed by atoms with Crippen LogP contribution in [0.1, 0.15) is 35.0 Å². The zero-order chi connectivity index (χ0) is 23.9. The molecule has 8 nitrogen and oxygen atoms in total. The SMILES string of the molecule is C[C@@H]1CNc2c(sc3ccc4nc(-c5nc(Cl)ncc5COC5CCOCC5)ccc4c23)C(=O)N1. The molecule has 2 N–H and O–H groups in total. The van der Waals surface area contributed by atoms with Crippen LogP contribution < -0.4 is 10.6 Å². The van der Waals surface area contributed by atoms with Crippen molar-refractivity contribution in [2.45, 2.75) is 38.5 Å². The number of thiophene rings is 1. The van der Waals surface area contributed by atoms with E-state index < -0.39 is 0 Å². The summed E-state index contributed by atoms with van der Waals surface area (Å²) in [5, 5.41) is 8.67. The fraction of sp³-hybridized carbons (Fsp3) is 0.360. The summed E-state index contributed by atoms with van der Waals surface area (Å²) in [6.45, 7) is 4.48. The Hall–Kier alpha value is -2.85. The predicted octanol–water partition coefficient (Wildman–Crippen LogP) is 4.80. The highest BCUT2D eigenvalue weighted by Crippen LogP contribution is 2.41. The van der Waals surface area contributed by atoms with E-state index in [0.717, 1.165) is 58.3 Å². The number of carbonyl (C=O) groups excluding carboxylic acids is 1. The molecule has 0 saturated carbocycles. The molecular formula is C25H24ClN5O3S. The number of aromatic nitrogens is 3. The lowest BCUT2D eigenvalue weighted by molar-refractivity contribution is -0.0390. The van der Waals surface area contributed by atoms with E-state index in [0.29, 0.717) is 29.4 Å². The minimum Gasteiger partial charge on any atom is -0.381 e. The number of carbonyl (C=O) groups is 1. The Bertz CT molecular complexity index is 1440. The van der Waals surface area contributed by atoms with Crippen LogP contribution in [0.15, 0.2) is 30.5 Å². The summed E-state index contributed by atoms with van der Waals surface area (Å²) in [7, 11) is 0. The van der Waals surface area contributed by atoms with E-state index in [-0.39, 0.29) is 23.3 Å². The van der Waals surface area contributed by atoms with Crippen LogP contribution in [0.5, 0.6) is 0 Å². The van der Waals surface area contributed by atoms with Crippen LogP contribution in [0.4, 0.5) is 5.69 Å². The molecule has 1 aromatic carbocycles. The van der Waals surface area contributed by atoms with Gasteiger partial charge in [0.25, 0.3) is 5.91 Å². The largest absolute Gasteiger partial charge is 0.381 e. The van der Waals surface area contributed by atoms with Gasteiger partial charge >= 0.3 is 0 Å². The Labute approximate surface area is 211 Å². The van der Waals surface area contributed by atoms with Crippen LogP contribution >= 0.6 is 22.9 Å². The van der Waals surface area contributed by atoms with Gasteiger partial charge in [-0.3, -0.25) is 4.79 Å². The van der Waals surface area contributed by atoms with E-state index in [1.54, 1.807) is 6.20 Å². The minimum absolute atomic E-state index is 0.0405. The third kappa shape index (κ3) is 4.33. The van der Waals surface area contributed by atoms with E-state index in [2.05, 4.69) is 20.6 Å². The summed E-state index contributed by atoms with van der Waals surface area (Å²) in [6.07, 6.45) is 3.63. The Kier molecular flexibility index (Phi) is 6.01. The van der Waals surface area contributed by atoms with E-state index in [1.807, 2.05) is 31.2 Å². The number of halogens is 1. The molecule has 0 unspecified atom stereocenters. The first-order valence-corrected chi connectivity index (χ1v) is 12.9. The molecule has 2 aliphatic rings. The van der Waals surface area contributed by atoms with Crippen molar-refractivity contribution in [3.05, 3.63) is 46.2 Å². The number of anilines is 1. The van der Waals surface area contributed by atoms with Crippen LogP contribution in [0.3, 0.4) is 0 Å². The molecule has 1 atom stereocenters. The smallest absolute Gasteiger partial charge is 0.263 e. The molecular weight excluding hydrogens is 486 g/mol. The standard InChI is InChI=1S/C25H24ClN5O3S/c1-13-10-27-22-20-16-2-3-18(30-17(16)4-5-19(20)35-23(22)24(32)29-13)21-14(11-28-25(26)31-21)12-34-15-6-8-33-9-7-15/h2-5,11,13,15,27H,6-10,12H2,1H3,(H,29,32)/t13-/m1/s1. The van der Waals surface area contributed by atoms with Gasteiger partial charge in [0.05, 0.1) is 35.3 Å². The molecule has 180 valence electrons. The number of ether oxygens (including phenoxy) is 2. The highest BCUT2D eigenvalue weighted by Gasteiger charge is 2.25. The maximum Gasteiger partial charge on any atom is 0.263 e. The summed E-state index contributed by atoms with van der Waals surface area (Å²) >= 11 is 7.66. The summed E-state index contributed by atoms with van der Waals surface area (Å²) in [5.74, 6) is -0.0405. The fourth-order valence-electron chi connectivity index (χ4n) is 4.62. The van der Waals surface area contributed by atoms with Crippen LogP contribution in [-0.2, 0) is 16.1 Å². The monoisotopic (exact) mass is 509 g/mol. The van der Waals surface area contributed by atoms with E-state index in [9.17, 15) is 4.79 Å². The molecule has 3 aromatic heterocycles. The number of pyridine rings is 1. The predicted molar refractivity (Wildman–Crippen MR) is 137 cm³/mol. The van der Waals surface area contributed by atoms with Crippen molar-refractivity contribution in [2.75, 3.05) is 25.1 Å². The number of rotatable bonds is 4. The number of fused-ring (bicyclic) bond motifs is 5. The Morgan fingerprint density at radius 1 is 1.20 bits per heavy atom. The Morgan fingerprint density at radius 2 is 2.06 bits per heavy atom. The zero-order valence-corrected chi connectivity index (χ0v) is 20.7. The second-order valence-electron chi connectivity index (χ2n) is 8.90. The topological polar surface area (TPSA) is 98.3 Å². The zero-order valence-electron chi connectivity index (χ0n) is 19.1. The third-order valence-electron chi connectivity index (χ3n) is 6.41. The highest BCUT2D eigenvalue weighted by molar-refractivity contribution is 7.21. The molecule has 5 heterocycles. The molecule has 1 saturated heterocycles.